The first-order valence-corrected chi connectivity index (χ1v) is 25.6. The minimum atomic E-state index is -0.686. The van der Waals surface area contributed by atoms with Crippen LogP contribution < -0.4 is 5.32 Å². The van der Waals surface area contributed by atoms with E-state index in [2.05, 4.69) is 43.5 Å². The zero-order valence-electron chi connectivity index (χ0n) is 38.8. The van der Waals surface area contributed by atoms with Gasteiger partial charge >= 0.3 is 5.97 Å². The van der Waals surface area contributed by atoms with Crippen molar-refractivity contribution in [1.29, 1.82) is 0 Å². The predicted octanol–water partition coefficient (Wildman–Crippen LogP) is 15.1. The Morgan fingerprint density at radius 2 is 0.828 bits per heavy atom. The SMILES string of the molecule is CCCC/C=C\CCCCCCCC(=O)OCCCC/C=C\CCCCCCC(=O)NC(CO)C(O)CCCCCCCCCCCCCCCCCCCCCC. The van der Waals surface area contributed by atoms with Gasteiger partial charge in [-0.05, 0) is 70.6 Å². The lowest BCUT2D eigenvalue weighted by molar-refractivity contribution is -0.143. The van der Waals surface area contributed by atoms with Crippen molar-refractivity contribution in [1.82, 2.24) is 5.32 Å². The molecule has 0 rings (SSSR count). The summed E-state index contributed by atoms with van der Waals surface area (Å²) in [5.41, 5.74) is 0. The lowest BCUT2D eigenvalue weighted by Crippen LogP contribution is -2.45. The monoisotopic (exact) mass is 818 g/mol. The van der Waals surface area contributed by atoms with Crippen LogP contribution in [0.4, 0.5) is 0 Å². The highest BCUT2D eigenvalue weighted by Gasteiger charge is 2.20. The first kappa shape index (κ1) is 56.3. The summed E-state index contributed by atoms with van der Waals surface area (Å²) >= 11 is 0. The number of carbonyl (C=O) groups is 2. The second kappa shape index (κ2) is 48.0. The van der Waals surface area contributed by atoms with Crippen LogP contribution in [0.3, 0.4) is 0 Å². The number of hydrogen-bond acceptors (Lipinski definition) is 5. The molecule has 0 aliphatic rings. The van der Waals surface area contributed by atoms with Crippen LogP contribution in [0.1, 0.15) is 271 Å². The number of nitrogens with one attached hydrogen (secondary N) is 1. The van der Waals surface area contributed by atoms with Crippen molar-refractivity contribution in [3.63, 3.8) is 0 Å². The Morgan fingerprint density at radius 1 is 0.466 bits per heavy atom. The number of esters is 1. The molecule has 0 fully saturated rings. The van der Waals surface area contributed by atoms with E-state index in [1.807, 2.05) is 0 Å². The molecule has 0 aromatic rings. The van der Waals surface area contributed by atoms with Gasteiger partial charge < -0.3 is 20.3 Å². The molecule has 6 heteroatoms. The normalized spacial score (nSPS) is 12.8. The van der Waals surface area contributed by atoms with Crippen LogP contribution in [0.25, 0.3) is 0 Å². The van der Waals surface area contributed by atoms with Crippen LogP contribution >= 0.6 is 0 Å². The number of carbonyl (C=O) groups excluding carboxylic acids is 2. The second-order valence-electron chi connectivity index (χ2n) is 17.5. The molecule has 0 aromatic heterocycles. The molecule has 0 saturated carbocycles. The molecule has 1 amide bonds. The fourth-order valence-electron chi connectivity index (χ4n) is 7.73. The fourth-order valence-corrected chi connectivity index (χ4v) is 7.73. The average Bonchev–Trinajstić information content (AvgIpc) is 3.22. The van der Waals surface area contributed by atoms with E-state index in [1.54, 1.807) is 0 Å². The van der Waals surface area contributed by atoms with E-state index in [9.17, 15) is 19.8 Å². The molecular weight excluding hydrogens is 719 g/mol. The smallest absolute Gasteiger partial charge is 0.305 e. The molecule has 3 N–H and O–H groups in total. The largest absolute Gasteiger partial charge is 0.466 e. The van der Waals surface area contributed by atoms with Crippen LogP contribution in [-0.2, 0) is 14.3 Å². The summed E-state index contributed by atoms with van der Waals surface area (Å²) < 4.78 is 5.41. The molecule has 0 bridgehead atoms. The van der Waals surface area contributed by atoms with Gasteiger partial charge in [-0.25, -0.2) is 0 Å². The third-order valence-corrected chi connectivity index (χ3v) is 11.7. The summed E-state index contributed by atoms with van der Waals surface area (Å²) in [7, 11) is 0. The molecule has 6 nitrogen and oxygen atoms in total. The Balaban J connectivity index is 3.53. The van der Waals surface area contributed by atoms with E-state index >= 15 is 0 Å². The molecule has 58 heavy (non-hydrogen) atoms. The zero-order valence-corrected chi connectivity index (χ0v) is 38.8. The Kier molecular flexibility index (Phi) is 46.6. The minimum Gasteiger partial charge on any atom is -0.466 e. The maximum absolute atomic E-state index is 12.4. The second-order valence-corrected chi connectivity index (χ2v) is 17.5. The third kappa shape index (κ3) is 43.9. The van der Waals surface area contributed by atoms with Gasteiger partial charge in [0.05, 0.1) is 25.4 Å². The molecule has 342 valence electrons. The fraction of sp³-hybridized carbons (Fsp3) is 0.885. The summed E-state index contributed by atoms with van der Waals surface area (Å²) in [6.45, 7) is 4.83. The maximum atomic E-state index is 12.4. The van der Waals surface area contributed by atoms with Crippen LogP contribution in [0.15, 0.2) is 24.3 Å². The molecule has 2 atom stereocenters. The first-order valence-electron chi connectivity index (χ1n) is 25.6. The lowest BCUT2D eigenvalue weighted by Gasteiger charge is -2.22. The zero-order chi connectivity index (χ0) is 42.3. The van der Waals surface area contributed by atoms with E-state index in [1.165, 1.54) is 161 Å². The molecule has 0 spiro atoms. The number of amides is 1. The average molecular weight is 818 g/mol. The number of unbranched alkanes of at least 4 members (excludes halogenated alkanes) is 32. The Morgan fingerprint density at radius 3 is 1.28 bits per heavy atom. The van der Waals surface area contributed by atoms with Crippen molar-refractivity contribution >= 4 is 11.9 Å². The van der Waals surface area contributed by atoms with Gasteiger partial charge in [-0.3, -0.25) is 9.59 Å². The highest BCUT2D eigenvalue weighted by atomic mass is 16.5. The summed E-state index contributed by atoms with van der Waals surface area (Å²) in [5, 5.41) is 23.2. The number of aliphatic hydroxyl groups excluding tert-OH is 2. The quantitative estimate of drug-likeness (QED) is 0.0323. The number of ether oxygens (including phenoxy) is 1. The van der Waals surface area contributed by atoms with Crippen molar-refractivity contribution < 1.29 is 24.5 Å². The van der Waals surface area contributed by atoms with Crippen LogP contribution in [-0.4, -0.2) is 47.4 Å². The molecule has 0 heterocycles. The standard InChI is InChI=1S/C52H99NO5/c1-3-5-7-9-11-13-15-16-17-18-19-20-21-22-23-25-28-32-36-40-44-50(55)49(48-54)53-51(56)45-41-37-33-29-26-27-31-35-39-43-47-58-52(57)46-42-38-34-30-24-14-12-10-8-6-4-2/h10,12,27,31,49-50,54-55H,3-9,11,13-26,28-30,32-48H2,1-2H3,(H,53,56)/b12-10-,31-27-. The van der Waals surface area contributed by atoms with E-state index < -0.39 is 12.1 Å². The highest BCUT2D eigenvalue weighted by Crippen LogP contribution is 2.16. The first-order chi connectivity index (χ1) is 28.5. The molecule has 0 radical (unpaired) electrons. The molecule has 0 saturated heterocycles. The third-order valence-electron chi connectivity index (χ3n) is 11.7. The van der Waals surface area contributed by atoms with Crippen molar-refractivity contribution in [2.45, 2.75) is 283 Å². The Bertz CT molecular complexity index is 904. The van der Waals surface area contributed by atoms with Crippen molar-refractivity contribution in [2.75, 3.05) is 13.2 Å². The van der Waals surface area contributed by atoms with Gasteiger partial charge in [0.15, 0.2) is 0 Å². The molecule has 0 aliphatic carbocycles. The molecule has 2 unspecified atom stereocenters. The molecular formula is C52H99NO5. The van der Waals surface area contributed by atoms with Gasteiger partial charge in [0.2, 0.25) is 5.91 Å². The van der Waals surface area contributed by atoms with E-state index in [0.29, 0.717) is 25.9 Å². The van der Waals surface area contributed by atoms with Crippen molar-refractivity contribution in [3.8, 4) is 0 Å². The lowest BCUT2D eigenvalue weighted by atomic mass is 10.0. The van der Waals surface area contributed by atoms with Gasteiger partial charge in [0.25, 0.3) is 0 Å². The summed E-state index contributed by atoms with van der Waals surface area (Å²) in [5.74, 6) is -0.117. The van der Waals surface area contributed by atoms with Crippen molar-refractivity contribution in [3.05, 3.63) is 24.3 Å². The van der Waals surface area contributed by atoms with Gasteiger partial charge in [-0.2, -0.15) is 0 Å². The molecule has 0 aromatic carbocycles. The van der Waals surface area contributed by atoms with Gasteiger partial charge in [0.1, 0.15) is 0 Å². The van der Waals surface area contributed by atoms with Gasteiger partial charge in [-0.1, -0.05) is 212 Å². The Hall–Kier alpha value is -1.66. The van der Waals surface area contributed by atoms with Crippen LogP contribution in [0, 0.1) is 0 Å². The summed E-state index contributed by atoms with van der Waals surface area (Å²) in [6.07, 6.45) is 55.8. The number of aliphatic hydroxyl groups is 2. The maximum Gasteiger partial charge on any atom is 0.305 e. The predicted molar refractivity (Wildman–Crippen MR) is 250 cm³/mol. The van der Waals surface area contributed by atoms with Gasteiger partial charge in [0, 0.05) is 12.8 Å². The van der Waals surface area contributed by atoms with Crippen molar-refractivity contribution in [2.24, 2.45) is 0 Å². The Labute approximate surface area is 361 Å². The summed E-state index contributed by atoms with van der Waals surface area (Å²) in [4.78, 5) is 24.4. The number of hydrogen-bond donors (Lipinski definition) is 3. The van der Waals surface area contributed by atoms with E-state index in [0.717, 1.165) is 77.0 Å². The van der Waals surface area contributed by atoms with E-state index in [4.69, 9.17) is 4.74 Å². The minimum absolute atomic E-state index is 0.0472. The molecule has 0 aliphatic heterocycles. The van der Waals surface area contributed by atoms with E-state index in [-0.39, 0.29) is 18.5 Å². The number of rotatable bonds is 47. The van der Waals surface area contributed by atoms with Crippen LogP contribution in [0.5, 0.6) is 0 Å². The topological polar surface area (TPSA) is 95.9 Å². The summed E-state index contributed by atoms with van der Waals surface area (Å²) in [6, 6.07) is -0.567. The highest BCUT2D eigenvalue weighted by molar-refractivity contribution is 5.76. The number of allylic oxidation sites excluding steroid dienone is 4. The van der Waals surface area contributed by atoms with Gasteiger partial charge in [-0.15, -0.1) is 0 Å². The van der Waals surface area contributed by atoms with Crippen LogP contribution in [0.2, 0.25) is 0 Å².